The Morgan fingerprint density at radius 1 is 0.526 bits per heavy atom. The van der Waals surface area contributed by atoms with E-state index in [9.17, 15) is 43.5 Å². The van der Waals surface area contributed by atoms with Crippen LogP contribution in [0.1, 0.15) is 157 Å². The highest BCUT2D eigenvalue weighted by molar-refractivity contribution is 5.99. The number of aliphatic hydroxyl groups is 1. The van der Waals surface area contributed by atoms with Crippen molar-refractivity contribution >= 4 is 64.9 Å². The molecule has 10 amide bonds. The molecule has 1 saturated heterocycles. The lowest BCUT2D eigenvalue weighted by molar-refractivity contribution is -0.157. The van der Waals surface area contributed by atoms with E-state index in [4.69, 9.17) is 9.47 Å². The second-order valence-corrected chi connectivity index (χ2v) is 28.3. The van der Waals surface area contributed by atoms with Gasteiger partial charge in [-0.25, -0.2) is 0 Å². The van der Waals surface area contributed by atoms with Crippen LogP contribution in [-0.2, 0) is 62.2 Å². The first-order valence-corrected chi connectivity index (χ1v) is 34.3. The van der Waals surface area contributed by atoms with Crippen LogP contribution >= 0.6 is 0 Å². The lowest BCUT2D eigenvalue weighted by Crippen LogP contribution is -2.63. The van der Waals surface area contributed by atoms with Crippen molar-refractivity contribution in [1.29, 1.82) is 0 Å². The van der Waals surface area contributed by atoms with E-state index in [-0.39, 0.29) is 61.1 Å². The van der Waals surface area contributed by atoms with Gasteiger partial charge in [0, 0.05) is 67.8 Å². The van der Waals surface area contributed by atoms with Crippen molar-refractivity contribution in [3.05, 3.63) is 12.2 Å². The van der Waals surface area contributed by atoms with E-state index in [0.717, 1.165) is 24.5 Å². The number of Topliss-reactive ketones (excluding diaryl/α,β-unsaturated/α-hetero) is 1. The highest BCUT2D eigenvalue weighted by Crippen LogP contribution is 2.25. The first-order chi connectivity index (χ1) is 44.2. The summed E-state index contributed by atoms with van der Waals surface area (Å²) in [5.74, 6) is -8.61. The van der Waals surface area contributed by atoms with Crippen molar-refractivity contribution in [2.45, 2.75) is 229 Å². The average molecular weight is 1350 g/mol. The van der Waals surface area contributed by atoms with Gasteiger partial charge in [-0.3, -0.25) is 57.6 Å². The van der Waals surface area contributed by atoms with Crippen LogP contribution in [0.5, 0.6) is 0 Å². The molecule has 14 atom stereocenters. The van der Waals surface area contributed by atoms with Crippen LogP contribution in [0.3, 0.4) is 0 Å². The number of carbonyl (C=O) groups is 11. The van der Waals surface area contributed by atoms with Crippen LogP contribution in [-0.4, -0.2) is 272 Å². The third kappa shape index (κ3) is 26.4. The zero-order valence-electron chi connectivity index (χ0n) is 62.5. The van der Waals surface area contributed by atoms with Crippen LogP contribution in [0.2, 0.25) is 0 Å². The molecular weight excluding hydrogens is 1220 g/mol. The van der Waals surface area contributed by atoms with Gasteiger partial charge in [-0.2, -0.15) is 0 Å². The summed E-state index contributed by atoms with van der Waals surface area (Å²) in [5.41, 5.74) is 0. The van der Waals surface area contributed by atoms with Gasteiger partial charge < -0.3 is 70.6 Å². The fraction of sp³-hybridized carbons (Fsp3) is 0.812. The molecule has 546 valence electrons. The number of nitrogens with one attached hydrogen (secondary N) is 5. The molecule has 0 spiro atoms. The van der Waals surface area contributed by atoms with Gasteiger partial charge in [-0.15, -0.1) is 0 Å². The monoisotopic (exact) mass is 1350 g/mol. The summed E-state index contributed by atoms with van der Waals surface area (Å²) >= 11 is 0. The van der Waals surface area contributed by atoms with E-state index in [0.29, 0.717) is 32.8 Å². The zero-order chi connectivity index (χ0) is 73.2. The van der Waals surface area contributed by atoms with Crippen molar-refractivity contribution in [1.82, 2.24) is 60.9 Å². The lowest BCUT2D eigenvalue weighted by atomic mass is 9.91. The summed E-state index contributed by atoms with van der Waals surface area (Å²) in [6.45, 7) is 35.8. The molecule has 0 aromatic heterocycles. The fourth-order valence-electron chi connectivity index (χ4n) is 11.7. The number of rotatable bonds is 41. The van der Waals surface area contributed by atoms with Crippen molar-refractivity contribution in [2.75, 3.05) is 95.4 Å². The minimum Gasteiger partial charge on any atom is -0.390 e. The number of carbonyl (C=O) groups excluding carboxylic acids is 11. The van der Waals surface area contributed by atoms with Crippen LogP contribution < -0.4 is 26.6 Å². The van der Waals surface area contributed by atoms with Gasteiger partial charge in [0.15, 0.2) is 5.78 Å². The quantitative estimate of drug-likeness (QED) is 0.0379. The molecule has 26 nitrogen and oxygen atoms in total. The molecule has 0 radical (unpaired) electrons. The Hall–Kier alpha value is -6.09. The number of allylic oxidation sites excluding steroid dienone is 2. The summed E-state index contributed by atoms with van der Waals surface area (Å²) in [5, 5.41) is 26.1. The molecular formula is C69H126N12O14. The van der Waals surface area contributed by atoms with Gasteiger partial charge in [0.1, 0.15) is 54.4 Å². The molecule has 0 aromatic rings. The smallest absolute Gasteiger partial charge is 0.246 e. The second-order valence-electron chi connectivity index (χ2n) is 28.3. The van der Waals surface area contributed by atoms with E-state index < -0.39 is 143 Å². The molecule has 0 bridgehead atoms. The van der Waals surface area contributed by atoms with Crippen LogP contribution in [0.25, 0.3) is 0 Å². The van der Waals surface area contributed by atoms with Crippen molar-refractivity contribution < 1.29 is 67.3 Å². The minimum atomic E-state index is -1.55. The molecule has 0 aliphatic carbocycles. The Morgan fingerprint density at radius 2 is 1.01 bits per heavy atom. The molecule has 6 N–H and O–H groups in total. The summed E-state index contributed by atoms with van der Waals surface area (Å²) in [6, 6.07) is -12.2. The predicted molar refractivity (Wildman–Crippen MR) is 368 cm³/mol. The Kier molecular flexibility index (Phi) is 38.3. The summed E-state index contributed by atoms with van der Waals surface area (Å²) in [7, 11) is 10.3. The minimum absolute atomic E-state index is 0.0854. The molecule has 95 heavy (non-hydrogen) atoms. The fourth-order valence-corrected chi connectivity index (χ4v) is 11.7. The number of amides is 10. The number of aliphatic hydroxyl groups excluding tert-OH is 1. The van der Waals surface area contributed by atoms with E-state index in [1.165, 1.54) is 87.6 Å². The maximum atomic E-state index is 15.1. The predicted octanol–water partition coefficient (Wildman–Crippen LogP) is 2.93. The summed E-state index contributed by atoms with van der Waals surface area (Å²) in [6.07, 6.45) is 3.13. The topological polar surface area (TPSA) is 309 Å². The van der Waals surface area contributed by atoms with E-state index >= 15 is 14.4 Å². The van der Waals surface area contributed by atoms with E-state index in [1.54, 1.807) is 61.6 Å². The van der Waals surface area contributed by atoms with E-state index in [1.807, 2.05) is 61.5 Å². The van der Waals surface area contributed by atoms with E-state index in [2.05, 4.69) is 31.5 Å². The molecule has 1 aliphatic heterocycles. The SMILES string of the molecule is C/C=C/C[C@@H](C)[C@@H](O)C(C(=O)N[C@@H](CC)C(=O)N(C)[C@H](C)C(C)=O)N(C)C(=O)[C@H](C(C)C)N(C)C(=O)[C@H](CC(C)C)N(C)C(=O)[C@H](CC(C)C)N(C)C(=O)[C@@H](C)NC(=O)[C@H](C)NC(=O)[C@H](CC(C)C)N(C)C(=O)[C@@H](NC(=O)[C@@H](NC)[C@H](C)COCCN1CCOCC1)C(C)C. The maximum absolute atomic E-state index is 15.1. The van der Waals surface area contributed by atoms with Gasteiger partial charge in [-0.05, 0) is 109 Å². The van der Waals surface area contributed by atoms with Gasteiger partial charge >= 0.3 is 0 Å². The van der Waals surface area contributed by atoms with Crippen molar-refractivity contribution in [3.63, 3.8) is 0 Å². The normalized spacial score (nSPS) is 17.4. The largest absolute Gasteiger partial charge is 0.390 e. The second kappa shape index (κ2) is 41.9. The maximum Gasteiger partial charge on any atom is 0.246 e. The van der Waals surface area contributed by atoms with Crippen molar-refractivity contribution in [3.8, 4) is 0 Å². The number of ketones is 1. The first-order valence-electron chi connectivity index (χ1n) is 34.3. The molecule has 26 heteroatoms. The van der Waals surface area contributed by atoms with Gasteiger partial charge in [0.05, 0.1) is 44.6 Å². The third-order valence-electron chi connectivity index (χ3n) is 18.2. The molecule has 0 saturated carbocycles. The average Bonchev–Trinajstić information content (AvgIpc) is 0.884. The lowest BCUT2D eigenvalue weighted by Gasteiger charge is -2.41. The Labute approximate surface area is 569 Å². The summed E-state index contributed by atoms with van der Waals surface area (Å²) < 4.78 is 11.4. The molecule has 1 rings (SSSR count). The Balaban J connectivity index is 3.50. The number of hydrogen-bond acceptors (Lipinski definition) is 16. The molecule has 1 heterocycles. The number of ether oxygens (including phenoxy) is 2. The number of hydrogen-bond donors (Lipinski definition) is 6. The number of morpholine rings is 1. The van der Waals surface area contributed by atoms with Gasteiger partial charge in [-0.1, -0.05) is 102 Å². The summed E-state index contributed by atoms with van der Waals surface area (Å²) in [4.78, 5) is 166. The zero-order valence-corrected chi connectivity index (χ0v) is 62.5. The molecule has 1 aliphatic rings. The molecule has 1 fully saturated rings. The Bertz CT molecular complexity index is 2530. The van der Waals surface area contributed by atoms with Crippen LogP contribution in [0.4, 0.5) is 0 Å². The highest BCUT2D eigenvalue weighted by atomic mass is 16.5. The number of likely N-dealkylation sites (N-methyl/N-ethyl adjacent to an activating group) is 7. The Morgan fingerprint density at radius 3 is 1.48 bits per heavy atom. The van der Waals surface area contributed by atoms with Gasteiger partial charge in [0.2, 0.25) is 59.1 Å². The van der Waals surface area contributed by atoms with Gasteiger partial charge in [0.25, 0.3) is 0 Å². The van der Waals surface area contributed by atoms with Crippen molar-refractivity contribution in [2.24, 2.45) is 41.4 Å². The highest BCUT2D eigenvalue weighted by Gasteiger charge is 2.45. The molecule has 1 unspecified atom stereocenters. The third-order valence-corrected chi connectivity index (χ3v) is 18.2. The first kappa shape index (κ1) is 86.9. The molecule has 0 aromatic carbocycles. The standard InChI is InChI=1S/C69H126N12O14/c1-26-28-29-45(13)59(83)58(63(87)73-51(27-2)65(89)75(20)49(17)50(18)82)80(25)69(93)57(44(11)12)79(24)67(91)54(38-42(7)8)78(23)66(90)53(37-41(5)6)77(22)64(88)48(16)72-60(84)47(15)71-61(85)52(36-40(3)4)76(21)68(92)55(43(9)10)74-62(86)56(70-19)46(14)39-95-35-32-81-30-33-94-34-31-81/h26,28,40-49,51-59,70,83H,27,29-39H2,1-25H3,(H,71,85)(H,72,84)(H,73,87)(H,74,86)/b28-26+/t45-,46-,47+,48-,49-,51+,52+,53+,54+,55+,56+,57+,58?,59-/m1/s1. The number of nitrogens with zero attached hydrogens (tertiary/aromatic N) is 7. The van der Waals surface area contributed by atoms with Crippen LogP contribution in [0, 0.1) is 41.4 Å². The van der Waals surface area contributed by atoms with Crippen LogP contribution in [0.15, 0.2) is 12.2 Å².